The van der Waals surface area contributed by atoms with Crippen LogP contribution in [-0.2, 0) is 4.74 Å². The van der Waals surface area contributed by atoms with Gasteiger partial charge in [0.25, 0.3) is 0 Å². The molecule has 2 rings (SSSR count). The first-order valence-corrected chi connectivity index (χ1v) is 7.59. The highest BCUT2D eigenvalue weighted by Crippen LogP contribution is 2.15. The van der Waals surface area contributed by atoms with Crippen LogP contribution in [0.1, 0.15) is 33.6 Å². The summed E-state index contributed by atoms with van der Waals surface area (Å²) >= 11 is 0. The van der Waals surface area contributed by atoms with Gasteiger partial charge in [0.2, 0.25) is 0 Å². The van der Waals surface area contributed by atoms with Crippen LogP contribution in [0.25, 0.3) is 0 Å². The number of nitrogens with zero attached hydrogens (tertiary/aromatic N) is 3. The van der Waals surface area contributed by atoms with Crippen molar-refractivity contribution in [2.75, 3.05) is 31.1 Å². The largest absolute Gasteiger partial charge is 0.444 e. The Morgan fingerprint density at radius 2 is 1.81 bits per heavy atom. The Morgan fingerprint density at radius 3 is 2.33 bits per heavy atom. The monoisotopic (exact) mass is 291 g/mol. The van der Waals surface area contributed by atoms with Crippen molar-refractivity contribution in [3.63, 3.8) is 0 Å². The maximum absolute atomic E-state index is 12.1. The van der Waals surface area contributed by atoms with E-state index in [0.29, 0.717) is 0 Å². The summed E-state index contributed by atoms with van der Waals surface area (Å²) in [5.74, 6) is 1.02. The highest BCUT2D eigenvalue weighted by molar-refractivity contribution is 5.68. The summed E-state index contributed by atoms with van der Waals surface area (Å²) in [5, 5.41) is 0. The van der Waals surface area contributed by atoms with E-state index in [1.54, 1.807) is 0 Å². The number of hydrogen-bond acceptors (Lipinski definition) is 4. The first-order chi connectivity index (χ1) is 9.96. The predicted octanol–water partition coefficient (Wildman–Crippen LogP) is 2.92. The summed E-state index contributed by atoms with van der Waals surface area (Å²) in [5.41, 5.74) is -0.431. The maximum atomic E-state index is 12.1. The van der Waals surface area contributed by atoms with E-state index in [9.17, 15) is 4.79 Å². The zero-order valence-electron chi connectivity index (χ0n) is 13.2. The van der Waals surface area contributed by atoms with Crippen LogP contribution in [-0.4, -0.2) is 47.8 Å². The topological polar surface area (TPSA) is 45.7 Å². The molecule has 0 spiro atoms. The molecule has 1 aliphatic rings. The van der Waals surface area contributed by atoms with E-state index < -0.39 is 5.60 Å². The Kier molecular flexibility index (Phi) is 5.04. The molecule has 0 radical (unpaired) electrons. The van der Waals surface area contributed by atoms with Crippen LogP contribution in [0.15, 0.2) is 24.4 Å². The van der Waals surface area contributed by atoms with Crippen LogP contribution >= 0.6 is 0 Å². The highest BCUT2D eigenvalue weighted by Gasteiger charge is 2.23. The van der Waals surface area contributed by atoms with Gasteiger partial charge in [0.05, 0.1) is 0 Å². The number of aromatic nitrogens is 1. The minimum Gasteiger partial charge on any atom is -0.444 e. The fourth-order valence-electron chi connectivity index (χ4n) is 2.41. The molecule has 1 saturated heterocycles. The molecule has 1 amide bonds. The standard InChI is InChI=1S/C16H25N3O2/c1-16(2,3)21-15(20)19-12-6-10-18(11-7-13-19)14-8-4-5-9-17-14/h4-5,8-9H,6-7,10-13H2,1-3H3. The van der Waals surface area contributed by atoms with Crippen molar-refractivity contribution in [3.05, 3.63) is 24.4 Å². The minimum atomic E-state index is -0.431. The third-order valence-electron chi connectivity index (χ3n) is 3.34. The van der Waals surface area contributed by atoms with Crippen molar-refractivity contribution in [1.29, 1.82) is 0 Å². The van der Waals surface area contributed by atoms with Gasteiger partial charge in [-0.3, -0.25) is 0 Å². The molecule has 0 atom stereocenters. The molecule has 0 N–H and O–H groups in total. The predicted molar refractivity (Wildman–Crippen MR) is 83.5 cm³/mol. The van der Waals surface area contributed by atoms with Gasteiger partial charge in [-0.25, -0.2) is 9.78 Å². The van der Waals surface area contributed by atoms with Gasteiger partial charge in [-0.15, -0.1) is 0 Å². The lowest BCUT2D eigenvalue weighted by Gasteiger charge is -2.32. The second-order valence-electron chi connectivity index (χ2n) is 6.35. The molecular weight excluding hydrogens is 266 g/mol. The van der Waals surface area contributed by atoms with Crippen molar-refractivity contribution in [2.45, 2.75) is 39.2 Å². The zero-order valence-corrected chi connectivity index (χ0v) is 13.2. The normalized spacial score (nSPS) is 17.1. The van der Waals surface area contributed by atoms with E-state index >= 15 is 0 Å². The van der Waals surface area contributed by atoms with Crippen molar-refractivity contribution >= 4 is 11.9 Å². The van der Waals surface area contributed by atoms with Crippen LogP contribution < -0.4 is 4.90 Å². The molecule has 0 aromatic carbocycles. The number of hydrogen-bond donors (Lipinski definition) is 0. The van der Waals surface area contributed by atoms with Gasteiger partial charge in [0.1, 0.15) is 11.4 Å². The Morgan fingerprint density at radius 1 is 1.14 bits per heavy atom. The number of carbonyl (C=O) groups excluding carboxylic acids is 1. The van der Waals surface area contributed by atoms with E-state index in [0.717, 1.165) is 44.8 Å². The van der Waals surface area contributed by atoms with E-state index in [-0.39, 0.29) is 6.09 Å². The first-order valence-electron chi connectivity index (χ1n) is 7.59. The third-order valence-corrected chi connectivity index (χ3v) is 3.34. The molecule has 1 aromatic rings. The average molecular weight is 291 g/mol. The lowest BCUT2D eigenvalue weighted by Crippen LogP contribution is -2.42. The summed E-state index contributed by atoms with van der Waals surface area (Å²) in [6.45, 7) is 9.00. The fourth-order valence-corrected chi connectivity index (χ4v) is 2.41. The van der Waals surface area contributed by atoms with Crippen LogP contribution in [0, 0.1) is 0 Å². The number of ether oxygens (including phenoxy) is 1. The molecule has 1 fully saturated rings. The van der Waals surface area contributed by atoms with Gasteiger partial charge < -0.3 is 14.5 Å². The van der Waals surface area contributed by atoms with E-state index in [2.05, 4.69) is 9.88 Å². The second-order valence-corrected chi connectivity index (χ2v) is 6.35. The maximum Gasteiger partial charge on any atom is 0.410 e. The van der Waals surface area contributed by atoms with Crippen LogP contribution in [0.4, 0.5) is 10.6 Å². The van der Waals surface area contributed by atoms with Crippen LogP contribution in [0.3, 0.4) is 0 Å². The zero-order chi connectivity index (χ0) is 15.3. The molecular formula is C16H25N3O2. The summed E-state index contributed by atoms with van der Waals surface area (Å²) < 4.78 is 5.45. The Balaban J connectivity index is 1.88. The Bertz CT molecular complexity index is 446. The number of amides is 1. The molecule has 116 valence electrons. The highest BCUT2D eigenvalue weighted by atomic mass is 16.6. The van der Waals surface area contributed by atoms with Gasteiger partial charge in [-0.1, -0.05) is 6.07 Å². The third kappa shape index (κ3) is 4.92. The van der Waals surface area contributed by atoms with Crippen molar-refractivity contribution < 1.29 is 9.53 Å². The minimum absolute atomic E-state index is 0.200. The van der Waals surface area contributed by atoms with Gasteiger partial charge in [-0.05, 0) is 45.7 Å². The van der Waals surface area contributed by atoms with E-state index in [4.69, 9.17) is 4.74 Å². The molecule has 0 aliphatic carbocycles. The summed E-state index contributed by atoms with van der Waals surface area (Å²) in [4.78, 5) is 20.6. The van der Waals surface area contributed by atoms with Crippen LogP contribution in [0.2, 0.25) is 0 Å². The molecule has 2 heterocycles. The van der Waals surface area contributed by atoms with Gasteiger partial charge in [0, 0.05) is 32.4 Å². The SMILES string of the molecule is CC(C)(C)OC(=O)N1CCCN(c2ccccn2)CCC1. The van der Waals surface area contributed by atoms with Crippen molar-refractivity contribution in [1.82, 2.24) is 9.88 Å². The summed E-state index contributed by atoms with van der Waals surface area (Å²) in [7, 11) is 0. The Labute approximate surface area is 126 Å². The first kappa shape index (κ1) is 15.6. The molecule has 0 unspecified atom stereocenters. The quantitative estimate of drug-likeness (QED) is 0.798. The lowest BCUT2D eigenvalue weighted by molar-refractivity contribution is 0.0242. The summed E-state index contributed by atoms with van der Waals surface area (Å²) in [6.07, 6.45) is 3.47. The average Bonchev–Trinajstić information content (AvgIpc) is 2.37. The van der Waals surface area contributed by atoms with E-state index in [1.165, 1.54) is 0 Å². The van der Waals surface area contributed by atoms with Gasteiger partial charge >= 0.3 is 6.09 Å². The van der Waals surface area contributed by atoms with Gasteiger partial charge in [-0.2, -0.15) is 0 Å². The van der Waals surface area contributed by atoms with E-state index in [1.807, 2.05) is 50.1 Å². The summed E-state index contributed by atoms with van der Waals surface area (Å²) in [6, 6.07) is 5.97. The number of rotatable bonds is 1. The van der Waals surface area contributed by atoms with Crippen LogP contribution in [0.5, 0.6) is 0 Å². The molecule has 0 saturated carbocycles. The Hall–Kier alpha value is -1.78. The fraction of sp³-hybridized carbons (Fsp3) is 0.625. The number of carbonyl (C=O) groups is 1. The molecule has 5 nitrogen and oxygen atoms in total. The van der Waals surface area contributed by atoms with Crippen molar-refractivity contribution in [3.8, 4) is 0 Å². The second kappa shape index (κ2) is 6.78. The van der Waals surface area contributed by atoms with Crippen molar-refractivity contribution in [2.24, 2.45) is 0 Å². The lowest BCUT2D eigenvalue weighted by atomic mass is 10.2. The molecule has 1 aromatic heterocycles. The molecule has 1 aliphatic heterocycles. The molecule has 0 bridgehead atoms. The number of anilines is 1. The smallest absolute Gasteiger partial charge is 0.410 e. The molecule has 5 heteroatoms. The number of pyridine rings is 1. The molecule has 21 heavy (non-hydrogen) atoms. The van der Waals surface area contributed by atoms with Gasteiger partial charge in [0.15, 0.2) is 0 Å².